The second kappa shape index (κ2) is 6.96. The van der Waals surface area contributed by atoms with Gasteiger partial charge in [-0.15, -0.1) is 12.3 Å². The highest BCUT2D eigenvalue weighted by Gasteiger charge is 2.10. The van der Waals surface area contributed by atoms with Crippen LogP contribution in [0.15, 0.2) is 22.7 Å². The largest absolute Gasteiger partial charge is 0.310 e. The first-order valence-corrected chi connectivity index (χ1v) is 6.48. The Morgan fingerprint density at radius 1 is 1.56 bits per heavy atom. The van der Waals surface area contributed by atoms with E-state index in [1.165, 1.54) is 5.56 Å². The van der Waals surface area contributed by atoms with Gasteiger partial charge in [0.05, 0.1) is 5.02 Å². The van der Waals surface area contributed by atoms with Crippen LogP contribution < -0.4 is 5.32 Å². The summed E-state index contributed by atoms with van der Waals surface area (Å²) in [5.41, 5.74) is 1.19. The molecule has 0 bridgehead atoms. The van der Waals surface area contributed by atoms with Crippen molar-refractivity contribution in [3.63, 3.8) is 0 Å². The summed E-state index contributed by atoms with van der Waals surface area (Å²) in [4.78, 5) is 0. The molecular weight excluding hydrogens is 286 g/mol. The van der Waals surface area contributed by atoms with Gasteiger partial charge in [0.15, 0.2) is 0 Å². The molecule has 0 amide bonds. The number of benzene rings is 1. The molecule has 0 fully saturated rings. The fourth-order valence-corrected chi connectivity index (χ4v) is 2.03. The summed E-state index contributed by atoms with van der Waals surface area (Å²) in [6.45, 7) is 3.01. The Hall–Kier alpha value is -0.490. The van der Waals surface area contributed by atoms with Gasteiger partial charge >= 0.3 is 0 Å². The average molecular weight is 301 g/mol. The van der Waals surface area contributed by atoms with Crippen LogP contribution in [0, 0.1) is 12.3 Å². The van der Waals surface area contributed by atoms with E-state index in [0.29, 0.717) is 0 Å². The molecule has 16 heavy (non-hydrogen) atoms. The second-order valence-corrected chi connectivity index (χ2v) is 4.79. The summed E-state index contributed by atoms with van der Waals surface area (Å²) in [7, 11) is 0. The molecular formula is C13H15BrClN. The van der Waals surface area contributed by atoms with E-state index in [2.05, 4.69) is 40.2 Å². The minimum Gasteiger partial charge on any atom is -0.310 e. The molecule has 1 N–H and O–H groups in total. The first-order chi connectivity index (χ1) is 7.69. The van der Waals surface area contributed by atoms with Crippen LogP contribution in [-0.2, 0) is 0 Å². The van der Waals surface area contributed by atoms with Gasteiger partial charge in [0.2, 0.25) is 0 Å². The molecule has 1 rings (SSSR count). The van der Waals surface area contributed by atoms with Crippen LogP contribution in [0.1, 0.15) is 31.4 Å². The van der Waals surface area contributed by atoms with E-state index >= 15 is 0 Å². The van der Waals surface area contributed by atoms with Crippen LogP contribution in [0.5, 0.6) is 0 Å². The van der Waals surface area contributed by atoms with Crippen molar-refractivity contribution >= 4 is 27.5 Å². The Morgan fingerprint density at radius 3 is 2.88 bits per heavy atom. The van der Waals surface area contributed by atoms with E-state index in [0.717, 1.165) is 28.9 Å². The van der Waals surface area contributed by atoms with Crippen molar-refractivity contribution in [2.24, 2.45) is 0 Å². The lowest BCUT2D eigenvalue weighted by atomic mass is 10.0. The molecule has 1 aromatic rings. The van der Waals surface area contributed by atoms with E-state index in [4.69, 9.17) is 18.0 Å². The summed E-state index contributed by atoms with van der Waals surface area (Å²) < 4.78 is 0.921. The maximum atomic E-state index is 6.08. The SMILES string of the molecule is C#CCCC(NCC)c1ccc(Br)c(Cl)c1. The summed E-state index contributed by atoms with van der Waals surface area (Å²) in [6.07, 6.45) is 7.00. The Morgan fingerprint density at radius 2 is 2.31 bits per heavy atom. The Labute approximate surface area is 111 Å². The first-order valence-electron chi connectivity index (χ1n) is 5.30. The van der Waals surface area contributed by atoms with Gasteiger partial charge < -0.3 is 5.32 Å². The van der Waals surface area contributed by atoms with Crippen molar-refractivity contribution < 1.29 is 0 Å². The summed E-state index contributed by atoms with van der Waals surface area (Å²) in [6, 6.07) is 6.30. The van der Waals surface area contributed by atoms with E-state index in [-0.39, 0.29) is 6.04 Å². The lowest BCUT2D eigenvalue weighted by Crippen LogP contribution is -2.20. The topological polar surface area (TPSA) is 12.0 Å². The molecule has 3 heteroatoms. The van der Waals surface area contributed by atoms with Crippen molar-refractivity contribution in [1.29, 1.82) is 0 Å². The van der Waals surface area contributed by atoms with Crippen LogP contribution in [-0.4, -0.2) is 6.54 Å². The molecule has 1 atom stereocenters. The van der Waals surface area contributed by atoms with E-state index in [1.807, 2.05) is 12.1 Å². The molecule has 0 saturated heterocycles. The number of nitrogens with one attached hydrogen (secondary N) is 1. The molecule has 1 nitrogen and oxygen atoms in total. The van der Waals surface area contributed by atoms with Gasteiger partial charge in [0, 0.05) is 16.9 Å². The van der Waals surface area contributed by atoms with Gasteiger partial charge in [-0.25, -0.2) is 0 Å². The lowest BCUT2D eigenvalue weighted by Gasteiger charge is -2.17. The Bertz CT molecular complexity index is 384. The molecule has 0 aliphatic rings. The molecule has 0 spiro atoms. The minimum atomic E-state index is 0.284. The average Bonchev–Trinajstić information content (AvgIpc) is 2.28. The zero-order valence-electron chi connectivity index (χ0n) is 9.26. The lowest BCUT2D eigenvalue weighted by molar-refractivity contribution is 0.522. The molecule has 0 radical (unpaired) electrons. The molecule has 0 aromatic heterocycles. The highest BCUT2D eigenvalue weighted by molar-refractivity contribution is 9.10. The first kappa shape index (κ1) is 13.6. The predicted molar refractivity (Wildman–Crippen MR) is 73.6 cm³/mol. The summed E-state index contributed by atoms with van der Waals surface area (Å²) in [5, 5.41) is 4.15. The standard InChI is InChI=1S/C13H15BrClN/c1-3-5-6-13(16-4-2)10-7-8-11(14)12(15)9-10/h1,7-9,13,16H,4-6H2,2H3. The second-order valence-electron chi connectivity index (χ2n) is 3.53. The molecule has 1 unspecified atom stereocenters. The normalized spacial score (nSPS) is 12.1. The predicted octanol–water partition coefficient (Wildman–Crippen LogP) is 4.17. The molecule has 0 aliphatic carbocycles. The van der Waals surface area contributed by atoms with Gasteiger partial charge in [-0.05, 0) is 46.6 Å². The van der Waals surface area contributed by atoms with Gasteiger partial charge in [0.25, 0.3) is 0 Å². The number of halogens is 2. The fraction of sp³-hybridized carbons (Fsp3) is 0.385. The molecule has 0 aliphatic heterocycles. The van der Waals surface area contributed by atoms with Crippen molar-refractivity contribution in [3.8, 4) is 12.3 Å². The van der Waals surface area contributed by atoms with Gasteiger partial charge in [-0.3, -0.25) is 0 Å². The molecule has 0 saturated carbocycles. The number of terminal acetylenes is 1. The highest BCUT2D eigenvalue weighted by atomic mass is 79.9. The molecule has 86 valence electrons. The maximum absolute atomic E-state index is 6.08. The van der Waals surface area contributed by atoms with Crippen LogP contribution >= 0.6 is 27.5 Å². The smallest absolute Gasteiger partial charge is 0.0551 e. The third-order valence-electron chi connectivity index (χ3n) is 2.37. The zero-order valence-corrected chi connectivity index (χ0v) is 11.6. The highest BCUT2D eigenvalue weighted by Crippen LogP contribution is 2.27. The van der Waals surface area contributed by atoms with Gasteiger partial charge in [-0.2, -0.15) is 0 Å². The van der Waals surface area contributed by atoms with Crippen molar-refractivity contribution in [3.05, 3.63) is 33.3 Å². The monoisotopic (exact) mass is 299 g/mol. The molecule has 0 heterocycles. The fourth-order valence-electron chi connectivity index (χ4n) is 1.59. The third-order valence-corrected chi connectivity index (χ3v) is 3.61. The van der Waals surface area contributed by atoms with Crippen LogP contribution in [0.2, 0.25) is 5.02 Å². The maximum Gasteiger partial charge on any atom is 0.0551 e. The summed E-state index contributed by atoms with van der Waals surface area (Å²) >= 11 is 9.46. The minimum absolute atomic E-state index is 0.284. The zero-order chi connectivity index (χ0) is 12.0. The Balaban J connectivity index is 2.83. The van der Waals surface area contributed by atoms with E-state index < -0.39 is 0 Å². The summed E-state index contributed by atoms with van der Waals surface area (Å²) in [5.74, 6) is 2.67. The van der Waals surface area contributed by atoms with Crippen LogP contribution in [0.25, 0.3) is 0 Å². The number of rotatable bonds is 5. The van der Waals surface area contributed by atoms with Crippen molar-refractivity contribution in [2.75, 3.05) is 6.54 Å². The Kier molecular flexibility index (Phi) is 5.90. The van der Waals surface area contributed by atoms with Crippen LogP contribution in [0.3, 0.4) is 0 Å². The third kappa shape index (κ3) is 3.83. The van der Waals surface area contributed by atoms with E-state index in [1.54, 1.807) is 0 Å². The quantitative estimate of drug-likeness (QED) is 0.805. The molecule has 1 aromatic carbocycles. The van der Waals surface area contributed by atoms with Crippen LogP contribution in [0.4, 0.5) is 0 Å². The van der Waals surface area contributed by atoms with Gasteiger partial charge in [0.1, 0.15) is 0 Å². The van der Waals surface area contributed by atoms with Crippen molar-refractivity contribution in [2.45, 2.75) is 25.8 Å². The van der Waals surface area contributed by atoms with E-state index in [9.17, 15) is 0 Å². The van der Waals surface area contributed by atoms with Crippen molar-refractivity contribution in [1.82, 2.24) is 5.32 Å². The number of hydrogen-bond donors (Lipinski definition) is 1. The number of hydrogen-bond acceptors (Lipinski definition) is 1. The van der Waals surface area contributed by atoms with Gasteiger partial charge in [-0.1, -0.05) is 24.6 Å².